The van der Waals surface area contributed by atoms with Gasteiger partial charge < -0.3 is 5.11 Å². The molecule has 0 saturated heterocycles. The van der Waals surface area contributed by atoms with Gasteiger partial charge in [0.15, 0.2) is 0 Å². The first-order valence-electron chi connectivity index (χ1n) is 6.28. The molecule has 0 radical (unpaired) electrons. The molecule has 0 amide bonds. The summed E-state index contributed by atoms with van der Waals surface area (Å²) in [5.41, 5.74) is 2.53. The minimum atomic E-state index is -0.984. The van der Waals surface area contributed by atoms with Crippen molar-refractivity contribution in [3.8, 4) is 16.8 Å². The van der Waals surface area contributed by atoms with Crippen molar-refractivity contribution in [2.75, 3.05) is 0 Å². The molecule has 2 aromatic carbocycles. The lowest BCUT2D eigenvalue weighted by atomic mass is 10.1. The van der Waals surface area contributed by atoms with Crippen LogP contribution in [0.25, 0.3) is 16.8 Å². The highest BCUT2D eigenvalue weighted by Crippen LogP contribution is 2.20. The van der Waals surface area contributed by atoms with E-state index < -0.39 is 5.97 Å². The summed E-state index contributed by atoms with van der Waals surface area (Å²) in [7, 11) is 0. The Morgan fingerprint density at radius 3 is 2.57 bits per heavy atom. The van der Waals surface area contributed by atoms with E-state index in [1.54, 1.807) is 47.4 Å². The maximum absolute atomic E-state index is 12.9. The Labute approximate surface area is 120 Å². The van der Waals surface area contributed by atoms with Gasteiger partial charge in [0.05, 0.1) is 17.4 Å². The predicted molar refractivity (Wildman–Crippen MR) is 75.9 cm³/mol. The fourth-order valence-corrected chi connectivity index (χ4v) is 2.04. The van der Waals surface area contributed by atoms with Crippen LogP contribution < -0.4 is 0 Å². The van der Waals surface area contributed by atoms with Crippen LogP contribution in [0.4, 0.5) is 4.39 Å². The van der Waals surface area contributed by atoms with E-state index in [1.807, 2.05) is 0 Å². The highest BCUT2D eigenvalue weighted by Gasteiger charge is 2.07. The summed E-state index contributed by atoms with van der Waals surface area (Å²) in [6.45, 7) is 0. The number of hydrogen-bond donors (Lipinski definition) is 1. The molecule has 104 valence electrons. The minimum absolute atomic E-state index is 0.200. The third kappa shape index (κ3) is 2.67. The average molecular weight is 282 g/mol. The molecule has 1 aromatic heterocycles. The molecule has 4 nitrogen and oxygen atoms in total. The van der Waals surface area contributed by atoms with Crippen molar-refractivity contribution in [3.63, 3.8) is 0 Å². The Morgan fingerprint density at radius 2 is 1.86 bits per heavy atom. The summed E-state index contributed by atoms with van der Waals surface area (Å²) < 4.78 is 14.5. The normalized spacial score (nSPS) is 10.5. The zero-order valence-corrected chi connectivity index (χ0v) is 10.9. The molecule has 0 bridgehead atoms. The van der Waals surface area contributed by atoms with Crippen LogP contribution in [0.5, 0.6) is 0 Å². The predicted octanol–water partition coefficient (Wildman–Crippen LogP) is 3.38. The van der Waals surface area contributed by atoms with Crippen LogP contribution in [0, 0.1) is 5.82 Å². The number of carbonyl (C=O) groups is 1. The molecule has 5 heteroatoms. The van der Waals surface area contributed by atoms with Crippen LogP contribution in [-0.2, 0) is 0 Å². The molecule has 3 rings (SSSR count). The molecule has 1 heterocycles. The standard InChI is InChI=1S/C16H11FN2O2/c17-14-6-4-11(5-7-14)13-9-18-19(10-13)15-3-1-2-12(8-15)16(20)21/h1-10H,(H,20,21). The first kappa shape index (κ1) is 13.1. The van der Waals surface area contributed by atoms with Gasteiger partial charge in [0.25, 0.3) is 0 Å². The number of aromatic nitrogens is 2. The number of carboxylic acids is 1. The summed E-state index contributed by atoms with van der Waals surface area (Å²) >= 11 is 0. The summed E-state index contributed by atoms with van der Waals surface area (Å²) in [5.74, 6) is -1.27. The summed E-state index contributed by atoms with van der Waals surface area (Å²) in [6.07, 6.45) is 3.43. The molecule has 0 spiro atoms. The second-order valence-electron chi connectivity index (χ2n) is 4.54. The quantitative estimate of drug-likeness (QED) is 0.801. The Kier molecular flexibility index (Phi) is 3.23. The van der Waals surface area contributed by atoms with E-state index in [4.69, 9.17) is 5.11 Å². The van der Waals surface area contributed by atoms with E-state index >= 15 is 0 Å². The zero-order chi connectivity index (χ0) is 14.8. The average Bonchev–Trinajstić information content (AvgIpc) is 2.98. The van der Waals surface area contributed by atoms with Crippen molar-refractivity contribution < 1.29 is 14.3 Å². The third-order valence-corrected chi connectivity index (χ3v) is 3.12. The highest BCUT2D eigenvalue weighted by atomic mass is 19.1. The van der Waals surface area contributed by atoms with Crippen LogP contribution >= 0.6 is 0 Å². The summed E-state index contributed by atoms with van der Waals surface area (Å²) in [5, 5.41) is 13.2. The van der Waals surface area contributed by atoms with Gasteiger partial charge in [-0.1, -0.05) is 18.2 Å². The number of rotatable bonds is 3. The van der Waals surface area contributed by atoms with E-state index in [1.165, 1.54) is 18.2 Å². The molecule has 0 aliphatic rings. The van der Waals surface area contributed by atoms with Crippen molar-refractivity contribution in [2.24, 2.45) is 0 Å². The molecule has 0 saturated carbocycles. The first-order valence-corrected chi connectivity index (χ1v) is 6.28. The van der Waals surface area contributed by atoms with Crippen LogP contribution in [0.2, 0.25) is 0 Å². The largest absolute Gasteiger partial charge is 0.478 e. The van der Waals surface area contributed by atoms with Gasteiger partial charge in [-0.15, -0.1) is 0 Å². The van der Waals surface area contributed by atoms with Gasteiger partial charge in [0.1, 0.15) is 5.82 Å². The van der Waals surface area contributed by atoms with Gasteiger partial charge in [0, 0.05) is 11.8 Å². The Hall–Kier alpha value is -2.95. The number of nitrogens with zero attached hydrogens (tertiary/aromatic N) is 2. The lowest BCUT2D eigenvalue weighted by molar-refractivity contribution is 0.0697. The topological polar surface area (TPSA) is 55.1 Å². The monoisotopic (exact) mass is 282 g/mol. The van der Waals surface area contributed by atoms with Crippen LogP contribution in [0.3, 0.4) is 0 Å². The molecule has 0 aliphatic heterocycles. The van der Waals surface area contributed by atoms with Gasteiger partial charge >= 0.3 is 5.97 Å². The number of aromatic carboxylic acids is 1. The molecular weight excluding hydrogens is 271 g/mol. The van der Waals surface area contributed by atoms with E-state index in [-0.39, 0.29) is 11.4 Å². The molecule has 0 atom stereocenters. The minimum Gasteiger partial charge on any atom is -0.478 e. The van der Waals surface area contributed by atoms with E-state index in [2.05, 4.69) is 5.10 Å². The number of carboxylic acid groups (broad SMARTS) is 1. The molecule has 21 heavy (non-hydrogen) atoms. The Balaban J connectivity index is 1.96. The van der Waals surface area contributed by atoms with Gasteiger partial charge in [-0.25, -0.2) is 13.9 Å². The second-order valence-corrected chi connectivity index (χ2v) is 4.54. The van der Waals surface area contributed by atoms with E-state index in [0.717, 1.165) is 11.1 Å². The number of benzene rings is 2. The third-order valence-electron chi connectivity index (χ3n) is 3.12. The van der Waals surface area contributed by atoms with Gasteiger partial charge in [-0.05, 0) is 35.9 Å². The fraction of sp³-hybridized carbons (Fsp3) is 0. The van der Waals surface area contributed by atoms with Crippen LogP contribution in [-0.4, -0.2) is 20.9 Å². The van der Waals surface area contributed by atoms with Gasteiger partial charge in [0.2, 0.25) is 0 Å². The lowest BCUT2D eigenvalue weighted by Crippen LogP contribution is -1.99. The van der Waals surface area contributed by atoms with Crippen LogP contribution in [0.1, 0.15) is 10.4 Å². The summed E-state index contributed by atoms with van der Waals surface area (Å²) in [6, 6.07) is 12.6. The second kappa shape index (κ2) is 5.20. The lowest BCUT2D eigenvalue weighted by Gasteiger charge is -2.02. The van der Waals surface area contributed by atoms with Gasteiger partial charge in [-0.2, -0.15) is 5.10 Å². The summed E-state index contributed by atoms with van der Waals surface area (Å²) in [4.78, 5) is 11.0. The fourth-order valence-electron chi connectivity index (χ4n) is 2.04. The highest BCUT2D eigenvalue weighted by molar-refractivity contribution is 5.88. The molecule has 3 aromatic rings. The maximum Gasteiger partial charge on any atom is 0.335 e. The van der Waals surface area contributed by atoms with Crippen LogP contribution in [0.15, 0.2) is 60.9 Å². The van der Waals surface area contributed by atoms with Gasteiger partial charge in [-0.3, -0.25) is 0 Å². The SMILES string of the molecule is O=C(O)c1cccc(-n2cc(-c3ccc(F)cc3)cn2)c1. The van der Waals surface area contributed by atoms with Crippen molar-refractivity contribution in [1.29, 1.82) is 0 Å². The Bertz CT molecular complexity index is 794. The zero-order valence-electron chi connectivity index (χ0n) is 10.9. The first-order chi connectivity index (χ1) is 10.1. The van der Waals surface area contributed by atoms with Crippen molar-refractivity contribution >= 4 is 5.97 Å². The molecule has 1 N–H and O–H groups in total. The number of halogens is 1. The molecule has 0 aliphatic carbocycles. The number of hydrogen-bond acceptors (Lipinski definition) is 2. The Morgan fingerprint density at radius 1 is 1.10 bits per heavy atom. The maximum atomic E-state index is 12.9. The van der Waals surface area contributed by atoms with E-state index in [9.17, 15) is 9.18 Å². The molecule has 0 unspecified atom stereocenters. The van der Waals surface area contributed by atoms with Crippen molar-refractivity contribution in [1.82, 2.24) is 9.78 Å². The van der Waals surface area contributed by atoms with Crippen molar-refractivity contribution in [3.05, 3.63) is 72.3 Å². The molecular formula is C16H11FN2O2. The smallest absolute Gasteiger partial charge is 0.335 e. The van der Waals surface area contributed by atoms with Crippen molar-refractivity contribution in [2.45, 2.75) is 0 Å². The molecule has 0 fully saturated rings. The van der Waals surface area contributed by atoms with E-state index in [0.29, 0.717) is 5.69 Å².